The van der Waals surface area contributed by atoms with E-state index in [1.807, 2.05) is 11.7 Å². The fourth-order valence-corrected chi connectivity index (χ4v) is 2.58. The molecule has 0 aliphatic rings. The normalized spacial score (nSPS) is 11.2. The molecular formula is C17H26N4. The predicted molar refractivity (Wildman–Crippen MR) is 89.2 cm³/mol. The molecular weight excluding hydrogens is 260 g/mol. The van der Waals surface area contributed by atoms with E-state index in [4.69, 9.17) is 0 Å². The monoisotopic (exact) mass is 286 g/mol. The first-order chi connectivity index (χ1) is 9.90. The lowest BCUT2D eigenvalue weighted by Gasteiger charge is -2.22. The maximum atomic E-state index is 4.59. The van der Waals surface area contributed by atoms with Gasteiger partial charge in [-0.25, -0.2) is 0 Å². The number of rotatable bonds is 5. The Hall–Kier alpha value is -1.81. The second kappa shape index (κ2) is 6.31. The first-order valence-electron chi connectivity index (χ1n) is 7.46. The second-order valence-corrected chi connectivity index (χ2v) is 5.94. The standard InChI is InChI=1S/C17H26N4/c1-12(2)18-11-16-14(4)19-21(6)17(16)20(5)15-9-7-8-13(3)10-15/h7-10,12,18H,11H2,1-6H3. The van der Waals surface area contributed by atoms with E-state index in [0.717, 1.165) is 18.1 Å². The van der Waals surface area contributed by atoms with Gasteiger partial charge in [0.15, 0.2) is 0 Å². The summed E-state index contributed by atoms with van der Waals surface area (Å²) in [6, 6.07) is 9.00. The molecule has 0 fully saturated rings. The first kappa shape index (κ1) is 15.6. The van der Waals surface area contributed by atoms with E-state index in [1.54, 1.807) is 0 Å². The van der Waals surface area contributed by atoms with E-state index in [-0.39, 0.29) is 0 Å². The lowest BCUT2D eigenvalue weighted by atomic mass is 10.2. The van der Waals surface area contributed by atoms with E-state index < -0.39 is 0 Å². The molecule has 1 aromatic carbocycles. The molecule has 0 spiro atoms. The summed E-state index contributed by atoms with van der Waals surface area (Å²) in [5, 5.41) is 8.09. The molecule has 114 valence electrons. The van der Waals surface area contributed by atoms with E-state index >= 15 is 0 Å². The Morgan fingerprint density at radius 2 is 2.00 bits per heavy atom. The first-order valence-corrected chi connectivity index (χ1v) is 7.46. The van der Waals surface area contributed by atoms with Gasteiger partial charge in [0.05, 0.1) is 5.69 Å². The molecule has 0 bridgehead atoms. The Balaban J connectivity index is 2.38. The third-order valence-corrected chi connectivity index (χ3v) is 3.71. The number of nitrogens with one attached hydrogen (secondary N) is 1. The summed E-state index contributed by atoms with van der Waals surface area (Å²) in [5.41, 5.74) is 4.79. The molecule has 4 nitrogen and oxygen atoms in total. The summed E-state index contributed by atoms with van der Waals surface area (Å²) >= 11 is 0. The highest BCUT2D eigenvalue weighted by Gasteiger charge is 2.18. The molecule has 2 aromatic rings. The third-order valence-electron chi connectivity index (χ3n) is 3.71. The van der Waals surface area contributed by atoms with Crippen molar-refractivity contribution in [3.63, 3.8) is 0 Å². The predicted octanol–water partition coefficient (Wildman–Crippen LogP) is 3.30. The zero-order valence-corrected chi connectivity index (χ0v) is 13.9. The van der Waals surface area contributed by atoms with Gasteiger partial charge in [-0.15, -0.1) is 0 Å². The van der Waals surface area contributed by atoms with Crippen LogP contribution in [0.1, 0.15) is 30.7 Å². The maximum absolute atomic E-state index is 4.59. The van der Waals surface area contributed by atoms with Crippen molar-refractivity contribution >= 4 is 11.5 Å². The van der Waals surface area contributed by atoms with Crippen molar-refractivity contribution in [3.05, 3.63) is 41.1 Å². The van der Waals surface area contributed by atoms with E-state index in [2.05, 4.69) is 74.3 Å². The number of nitrogens with zero attached hydrogens (tertiary/aromatic N) is 3. The van der Waals surface area contributed by atoms with Crippen LogP contribution in [0.3, 0.4) is 0 Å². The molecule has 2 rings (SSSR count). The average Bonchev–Trinajstić information content (AvgIpc) is 2.69. The van der Waals surface area contributed by atoms with E-state index in [9.17, 15) is 0 Å². The van der Waals surface area contributed by atoms with Crippen LogP contribution in [0, 0.1) is 13.8 Å². The smallest absolute Gasteiger partial charge is 0.135 e. The number of hydrogen-bond acceptors (Lipinski definition) is 3. The molecule has 1 N–H and O–H groups in total. The summed E-state index contributed by atoms with van der Waals surface area (Å²) in [6.45, 7) is 9.35. The number of aromatic nitrogens is 2. The second-order valence-electron chi connectivity index (χ2n) is 5.94. The Labute approximate surface area is 127 Å². The summed E-state index contributed by atoms with van der Waals surface area (Å²) in [7, 11) is 4.11. The minimum atomic E-state index is 0.460. The molecule has 0 saturated heterocycles. The highest BCUT2D eigenvalue weighted by atomic mass is 15.4. The summed E-state index contributed by atoms with van der Waals surface area (Å²) < 4.78 is 1.97. The molecule has 21 heavy (non-hydrogen) atoms. The van der Waals surface area contributed by atoms with Crippen LogP contribution in [0.15, 0.2) is 24.3 Å². The fourth-order valence-electron chi connectivity index (χ4n) is 2.58. The topological polar surface area (TPSA) is 33.1 Å². The van der Waals surface area contributed by atoms with E-state index in [1.165, 1.54) is 16.8 Å². The number of anilines is 2. The lowest BCUT2D eigenvalue weighted by Crippen LogP contribution is -2.24. The van der Waals surface area contributed by atoms with Crippen molar-refractivity contribution in [2.45, 2.75) is 40.3 Å². The highest BCUT2D eigenvalue weighted by molar-refractivity contribution is 5.64. The number of aryl methyl sites for hydroxylation is 3. The molecule has 0 saturated carbocycles. The molecule has 1 heterocycles. The van der Waals surface area contributed by atoms with Crippen LogP contribution in [0.5, 0.6) is 0 Å². The summed E-state index contributed by atoms with van der Waals surface area (Å²) in [6.07, 6.45) is 0. The highest BCUT2D eigenvalue weighted by Crippen LogP contribution is 2.29. The zero-order valence-electron chi connectivity index (χ0n) is 13.9. The van der Waals surface area contributed by atoms with Crippen molar-refractivity contribution in [1.82, 2.24) is 15.1 Å². The molecule has 1 aromatic heterocycles. The van der Waals surface area contributed by atoms with Gasteiger partial charge in [0, 0.05) is 37.9 Å². The number of benzene rings is 1. The van der Waals surface area contributed by atoms with Crippen LogP contribution < -0.4 is 10.2 Å². The van der Waals surface area contributed by atoms with Crippen molar-refractivity contribution < 1.29 is 0 Å². The molecule has 0 unspecified atom stereocenters. The van der Waals surface area contributed by atoms with E-state index in [0.29, 0.717) is 6.04 Å². The van der Waals surface area contributed by atoms with Crippen LogP contribution >= 0.6 is 0 Å². The Kier molecular flexibility index (Phi) is 4.68. The summed E-state index contributed by atoms with van der Waals surface area (Å²) in [4.78, 5) is 2.21. The van der Waals surface area contributed by atoms with Gasteiger partial charge in [-0.2, -0.15) is 5.10 Å². The molecule has 4 heteroatoms. The van der Waals surface area contributed by atoms with Gasteiger partial charge in [-0.1, -0.05) is 26.0 Å². The van der Waals surface area contributed by atoms with Gasteiger partial charge in [0.2, 0.25) is 0 Å². The Morgan fingerprint density at radius 3 is 2.62 bits per heavy atom. The van der Waals surface area contributed by atoms with Crippen LogP contribution in [0.2, 0.25) is 0 Å². The molecule has 0 amide bonds. The van der Waals surface area contributed by atoms with Gasteiger partial charge >= 0.3 is 0 Å². The van der Waals surface area contributed by atoms with Gasteiger partial charge in [-0.05, 0) is 31.5 Å². The SMILES string of the molecule is Cc1cccc(N(C)c2c(CNC(C)C)c(C)nn2C)c1. The van der Waals surface area contributed by atoms with Crippen LogP contribution in [0.4, 0.5) is 11.5 Å². The lowest BCUT2D eigenvalue weighted by molar-refractivity contribution is 0.587. The quantitative estimate of drug-likeness (QED) is 0.915. The molecule has 0 atom stereocenters. The van der Waals surface area contributed by atoms with Gasteiger partial charge in [0.25, 0.3) is 0 Å². The molecule has 0 aliphatic heterocycles. The number of hydrogen-bond donors (Lipinski definition) is 1. The maximum Gasteiger partial charge on any atom is 0.135 e. The average molecular weight is 286 g/mol. The van der Waals surface area contributed by atoms with Crippen LogP contribution in [0.25, 0.3) is 0 Å². The van der Waals surface area contributed by atoms with Crippen LogP contribution in [-0.4, -0.2) is 22.9 Å². The minimum absolute atomic E-state index is 0.460. The minimum Gasteiger partial charge on any atom is -0.329 e. The van der Waals surface area contributed by atoms with Gasteiger partial charge in [0.1, 0.15) is 5.82 Å². The Morgan fingerprint density at radius 1 is 1.29 bits per heavy atom. The van der Waals surface area contributed by atoms with Crippen molar-refractivity contribution in [2.24, 2.45) is 7.05 Å². The summed E-state index contributed by atoms with van der Waals surface area (Å²) in [5.74, 6) is 1.14. The van der Waals surface area contributed by atoms with Crippen molar-refractivity contribution in [3.8, 4) is 0 Å². The molecule has 0 radical (unpaired) electrons. The van der Waals surface area contributed by atoms with Gasteiger partial charge < -0.3 is 10.2 Å². The largest absolute Gasteiger partial charge is 0.329 e. The van der Waals surface area contributed by atoms with Crippen molar-refractivity contribution in [1.29, 1.82) is 0 Å². The molecule has 0 aliphatic carbocycles. The zero-order chi connectivity index (χ0) is 15.6. The van der Waals surface area contributed by atoms with Gasteiger partial charge in [-0.3, -0.25) is 4.68 Å². The van der Waals surface area contributed by atoms with Crippen LogP contribution in [-0.2, 0) is 13.6 Å². The third kappa shape index (κ3) is 3.45. The fraction of sp³-hybridized carbons (Fsp3) is 0.471. The van der Waals surface area contributed by atoms with Crippen molar-refractivity contribution in [2.75, 3.05) is 11.9 Å². The Bertz CT molecular complexity index is 613.